The Balaban J connectivity index is 2.85. The monoisotopic (exact) mass is 255 g/mol. The lowest BCUT2D eigenvalue weighted by Gasteiger charge is -2.37. The van der Waals surface area contributed by atoms with E-state index in [0.717, 1.165) is 6.42 Å². The first kappa shape index (κ1) is 13.0. The fourth-order valence-electron chi connectivity index (χ4n) is 1.92. The minimum Gasteiger partial charge on any atom is -0.338 e. The zero-order chi connectivity index (χ0) is 11.5. The molecule has 0 unspecified atom stereocenters. The molecule has 1 aliphatic carbocycles. The van der Waals surface area contributed by atoms with Crippen LogP contribution in [0.5, 0.6) is 0 Å². The Labute approximate surface area is 93.4 Å². The SMILES string of the molecule is O=C(CCl)NC1(P(=O)(O)O)CCCCC1. The molecule has 1 aliphatic rings. The highest BCUT2D eigenvalue weighted by Crippen LogP contribution is 2.55. The Morgan fingerprint density at radius 2 is 1.87 bits per heavy atom. The zero-order valence-electron chi connectivity index (χ0n) is 8.28. The molecule has 0 spiro atoms. The number of hydrogen-bond donors (Lipinski definition) is 3. The van der Waals surface area contributed by atoms with Crippen LogP contribution in [-0.4, -0.2) is 26.9 Å². The van der Waals surface area contributed by atoms with Gasteiger partial charge in [-0.1, -0.05) is 19.3 Å². The third kappa shape index (κ3) is 2.94. The highest BCUT2D eigenvalue weighted by atomic mass is 35.5. The molecule has 7 heteroatoms. The van der Waals surface area contributed by atoms with Crippen molar-refractivity contribution in [2.45, 2.75) is 37.4 Å². The molecule has 1 saturated carbocycles. The molecule has 0 heterocycles. The first-order chi connectivity index (χ1) is 6.91. The summed E-state index contributed by atoms with van der Waals surface area (Å²) in [4.78, 5) is 29.7. The van der Waals surface area contributed by atoms with Crippen LogP contribution in [0, 0.1) is 0 Å². The van der Waals surface area contributed by atoms with Crippen LogP contribution in [0.25, 0.3) is 0 Å². The molecule has 0 aliphatic heterocycles. The van der Waals surface area contributed by atoms with Crippen LogP contribution >= 0.6 is 19.2 Å². The van der Waals surface area contributed by atoms with Crippen molar-refractivity contribution in [1.82, 2.24) is 5.32 Å². The zero-order valence-corrected chi connectivity index (χ0v) is 9.93. The summed E-state index contributed by atoms with van der Waals surface area (Å²) in [7, 11) is -4.33. The maximum atomic E-state index is 11.4. The number of hydrogen-bond acceptors (Lipinski definition) is 2. The molecule has 1 amide bonds. The average molecular weight is 256 g/mol. The average Bonchev–Trinajstić information content (AvgIpc) is 2.17. The van der Waals surface area contributed by atoms with Gasteiger partial charge in [-0.15, -0.1) is 11.6 Å². The molecule has 0 aromatic carbocycles. The van der Waals surface area contributed by atoms with Crippen molar-refractivity contribution in [2.75, 3.05) is 5.88 Å². The number of nitrogens with one attached hydrogen (secondary N) is 1. The van der Waals surface area contributed by atoms with E-state index >= 15 is 0 Å². The minimum atomic E-state index is -4.33. The molecule has 3 N–H and O–H groups in total. The summed E-state index contributed by atoms with van der Waals surface area (Å²) in [6, 6.07) is 0. The highest BCUT2D eigenvalue weighted by Gasteiger charge is 2.48. The molecule has 0 bridgehead atoms. The normalized spacial score (nSPS) is 21.0. The van der Waals surface area contributed by atoms with Crippen molar-refractivity contribution in [2.24, 2.45) is 0 Å². The number of carbonyl (C=O) groups excluding carboxylic acids is 1. The second-order valence-corrected chi connectivity index (χ2v) is 6.03. The first-order valence-electron chi connectivity index (χ1n) is 4.84. The lowest BCUT2D eigenvalue weighted by Crippen LogP contribution is -2.49. The smallest absolute Gasteiger partial charge is 0.338 e. The first-order valence-corrected chi connectivity index (χ1v) is 6.99. The quantitative estimate of drug-likeness (QED) is 0.522. The Hall–Kier alpha value is -0.0900. The van der Waals surface area contributed by atoms with Crippen LogP contribution in [0.15, 0.2) is 0 Å². The molecule has 1 rings (SSSR count). The molecule has 88 valence electrons. The fraction of sp³-hybridized carbons (Fsp3) is 0.875. The Morgan fingerprint density at radius 1 is 1.33 bits per heavy atom. The van der Waals surface area contributed by atoms with Gasteiger partial charge in [0.2, 0.25) is 5.91 Å². The third-order valence-corrected chi connectivity index (χ3v) is 4.65. The van der Waals surface area contributed by atoms with Gasteiger partial charge >= 0.3 is 7.60 Å². The Morgan fingerprint density at radius 3 is 2.27 bits per heavy atom. The number of carbonyl (C=O) groups is 1. The lowest BCUT2D eigenvalue weighted by atomic mass is 9.94. The van der Waals surface area contributed by atoms with Gasteiger partial charge in [-0.05, 0) is 12.8 Å². The summed E-state index contributed by atoms with van der Waals surface area (Å²) in [6.07, 6.45) is 3.01. The van der Waals surface area contributed by atoms with Crippen molar-refractivity contribution in [3.63, 3.8) is 0 Å². The number of halogens is 1. The standard InChI is InChI=1S/C8H15ClNO4P/c9-6-7(11)10-8(15(12,13)14)4-2-1-3-5-8/h1-6H2,(H,10,11)(H2,12,13,14). The second kappa shape index (κ2) is 4.83. The largest absolute Gasteiger partial charge is 0.350 e. The van der Waals surface area contributed by atoms with Gasteiger partial charge in [0, 0.05) is 0 Å². The van der Waals surface area contributed by atoms with E-state index < -0.39 is 18.8 Å². The summed E-state index contributed by atoms with van der Waals surface area (Å²) in [6.45, 7) is 0. The van der Waals surface area contributed by atoms with Crippen LogP contribution in [-0.2, 0) is 9.36 Å². The van der Waals surface area contributed by atoms with Crippen LogP contribution in [0.1, 0.15) is 32.1 Å². The molecule has 0 atom stereocenters. The Kier molecular flexibility index (Phi) is 4.18. The van der Waals surface area contributed by atoms with E-state index in [1.54, 1.807) is 0 Å². The summed E-state index contributed by atoms with van der Waals surface area (Å²) >= 11 is 5.32. The predicted molar refractivity (Wildman–Crippen MR) is 56.7 cm³/mol. The maximum absolute atomic E-state index is 11.4. The molecule has 0 saturated heterocycles. The molecular weight excluding hydrogens is 241 g/mol. The number of alkyl halides is 1. The van der Waals surface area contributed by atoms with E-state index in [1.165, 1.54) is 0 Å². The van der Waals surface area contributed by atoms with Crippen LogP contribution in [0.3, 0.4) is 0 Å². The van der Waals surface area contributed by atoms with Gasteiger partial charge in [0.25, 0.3) is 0 Å². The molecule has 0 aromatic heterocycles. The van der Waals surface area contributed by atoms with E-state index in [-0.39, 0.29) is 5.88 Å². The second-order valence-electron chi connectivity index (χ2n) is 3.82. The predicted octanol–water partition coefficient (Wildman–Crippen LogP) is 1.18. The van der Waals surface area contributed by atoms with Gasteiger partial charge in [-0.3, -0.25) is 9.36 Å². The highest BCUT2D eigenvalue weighted by molar-refractivity contribution is 7.53. The van der Waals surface area contributed by atoms with Crippen molar-refractivity contribution in [3.8, 4) is 0 Å². The minimum absolute atomic E-state index is 0.276. The van der Waals surface area contributed by atoms with E-state index in [4.69, 9.17) is 11.6 Å². The van der Waals surface area contributed by atoms with E-state index in [1.807, 2.05) is 0 Å². The summed E-state index contributed by atoms with van der Waals surface area (Å²) < 4.78 is 11.4. The van der Waals surface area contributed by atoms with Gasteiger partial charge in [-0.25, -0.2) is 0 Å². The molecule has 0 radical (unpaired) electrons. The van der Waals surface area contributed by atoms with Gasteiger partial charge < -0.3 is 15.1 Å². The Bertz CT molecular complexity index is 284. The van der Waals surface area contributed by atoms with Crippen molar-refractivity contribution in [3.05, 3.63) is 0 Å². The molecule has 0 aromatic rings. The maximum Gasteiger partial charge on any atom is 0.350 e. The van der Waals surface area contributed by atoms with E-state index in [2.05, 4.69) is 5.32 Å². The number of amides is 1. The third-order valence-electron chi connectivity index (χ3n) is 2.73. The topological polar surface area (TPSA) is 86.6 Å². The van der Waals surface area contributed by atoms with Gasteiger partial charge in [0.05, 0.1) is 0 Å². The molecule has 15 heavy (non-hydrogen) atoms. The lowest BCUT2D eigenvalue weighted by molar-refractivity contribution is -0.120. The summed E-state index contributed by atoms with van der Waals surface area (Å²) in [5.74, 6) is -0.802. The van der Waals surface area contributed by atoms with Gasteiger partial charge in [0.15, 0.2) is 0 Å². The fourth-order valence-corrected chi connectivity index (χ4v) is 3.15. The summed E-state index contributed by atoms with van der Waals surface area (Å²) in [5.41, 5.74) is 0. The van der Waals surface area contributed by atoms with E-state index in [0.29, 0.717) is 25.7 Å². The van der Waals surface area contributed by atoms with Crippen molar-refractivity contribution in [1.29, 1.82) is 0 Å². The van der Waals surface area contributed by atoms with Crippen molar-refractivity contribution >= 4 is 25.1 Å². The summed E-state index contributed by atoms with van der Waals surface area (Å²) in [5, 5.41) is 1.01. The molecular formula is C8H15ClNO4P. The van der Waals surface area contributed by atoms with Gasteiger partial charge in [0.1, 0.15) is 11.2 Å². The number of rotatable bonds is 3. The van der Waals surface area contributed by atoms with E-state index in [9.17, 15) is 19.1 Å². The van der Waals surface area contributed by atoms with Crippen LogP contribution < -0.4 is 5.32 Å². The van der Waals surface area contributed by atoms with Crippen LogP contribution in [0.4, 0.5) is 0 Å². The molecule has 1 fully saturated rings. The molecule has 5 nitrogen and oxygen atoms in total. The van der Waals surface area contributed by atoms with Gasteiger partial charge in [-0.2, -0.15) is 0 Å². The van der Waals surface area contributed by atoms with Crippen LogP contribution in [0.2, 0.25) is 0 Å². The van der Waals surface area contributed by atoms with Crippen molar-refractivity contribution < 1.29 is 19.1 Å².